The number of pyridine rings is 1. The zero-order chi connectivity index (χ0) is 22.2. The fourth-order valence-corrected chi connectivity index (χ4v) is 4.94. The molecule has 2 heterocycles. The number of para-hydroxylation sites is 2. The number of nitrogens with zero attached hydrogens (tertiary/aromatic N) is 4. The summed E-state index contributed by atoms with van der Waals surface area (Å²) in [5.41, 5.74) is 2.66. The van der Waals surface area contributed by atoms with Crippen LogP contribution < -0.4 is 14.5 Å². The number of piperazine rings is 1. The summed E-state index contributed by atoms with van der Waals surface area (Å²) < 4.78 is 27.2. The van der Waals surface area contributed by atoms with Crippen LogP contribution in [0.3, 0.4) is 0 Å². The van der Waals surface area contributed by atoms with Gasteiger partial charge in [-0.05, 0) is 32.2 Å². The Balaban J connectivity index is 1.65. The predicted octanol–water partition coefficient (Wildman–Crippen LogP) is 2.69. The van der Waals surface area contributed by atoms with Crippen molar-refractivity contribution in [2.45, 2.75) is 11.8 Å². The van der Waals surface area contributed by atoms with Crippen molar-refractivity contribution in [2.24, 2.45) is 0 Å². The van der Waals surface area contributed by atoms with Gasteiger partial charge in [0.1, 0.15) is 4.90 Å². The number of rotatable bonds is 5. The second kappa shape index (κ2) is 8.12. The van der Waals surface area contributed by atoms with Crippen LogP contribution in [-0.4, -0.2) is 51.6 Å². The average molecular weight is 442 g/mol. The van der Waals surface area contributed by atoms with Gasteiger partial charge in [-0.15, -0.1) is 0 Å². The molecule has 1 aliphatic heterocycles. The molecule has 31 heavy (non-hydrogen) atoms. The highest BCUT2D eigenvalue weighted by Crippen LogP contribution is 2.33. The monoisotopic (exact) mass is 441 g/mol. The number of hydrogen-bond acceptors (Lipinski definition) is 7. The molecule has 10 heteroatoms. The van der Waals surface area contributed by atoms with E-state index in [2.05, 4.69) is 19.5 Å². The molecule has 0 bridgehead atoms. The maximum absolute atomic E-state index is 12.4. The number of sulfonamides is 1. The third-order valence-corrected chi connectivity index (χ3v) is 6.97. The van der Waals surface area contributed by atoms with Crippen molar-refractivity contribution in [2.75, 3.05) is 43.0 Å². The molecule has 1 saturated heterocycles. The smallest absolute Gasteiger partial charge is 0.295 e. The average Bonchev–Trinajstić information content (AvgIpc) is 2.78. The first kappa shape index (κ1) is 21.0. The lowest BCUT2D eigenvalue weighted by atomic mass is 10.1. The molecular weight excluding hydrogens is 418 g/mol. The van der Waals surface area contributed by atoms with Crippen LogP contribution in [0.1, 0.15) is 5.69 Å². The third kappa shape index (κ3) is 3.91. The quantitative estimate of drug-likeness (QED) is 0.479. The van der Waals surface area contributed by atoms with Crippen molar-refractivity contribution in [3.63, 3.8) is 0 Å². The van der Waals surface area contributed by atoms with Crippen molar-refractivity contribution in [3.8, 4) is 0 Å². The largest absolute Gasteiger partial charge is 0.367 e. The number of nitro benzene ring substituents is 1. The van der Waals surface area contributed by atoms with E-state index in [-0.39, 0.29) is 10.6 Å². The van der Waals surface area contributed by atoms with Gasteiger partial charge < -0.3 is 9.80 Å². The summed E-state index contributed by atoms with van der Waals surface area (Å²) in [6.07, 6.45) is 0. The molecule has 9 nitrogen and oxygen atoms in total. The molecule has 4 rings (SSSR count). The highest BCUT2D eigenvalue weighted by molar-refractivity contribution is 7.89. The molecule has 0 aliphatic carbocycles. The van der Waals surface area contributed by atoms with Gasteiger partial charge in [0.2, 0.25) is 10.0 Å². The van der Waals surface area contributed by atoms with E-state index < -0.39 is 14.9 Å². The van der Waals surface area contributed by atoms with Crippen molar-refractivity contribution < 1.29 is 13.3 Å². The predicted molar refractivity (Wildman–Crippen MR) is 120 cm³/mol. The summed E-state index contributed by atoms with van der Waals surface area (Å²) in [7, 11) is -2.17. The van der Waals surface area contributed by atoms with Gasteiger partial charge in [0.15, 0.2) is 5.52 Å². The van der Waals surface area contributed by atoms with E-state index in [1.165, 1.54) is 13.1 Å². The molecule has 162 valence electrons. The molecule has 1 aromatic heterocycles. The molecule has 2 aromatic carbocycles. The standard InChI is InChI=1S/C21H23N5O4S/c1-15-14-19(16-6-5-8-18(26(27)28)21(16)23-15)25-12-10-24(11-13-25)17-7-3-4-9-20(17)31(29,30)22-2/h3-9,14,22H,10-13H2,1-2H3. The molecule has 1 N–H and O–H groups in total. The highest BCUT2D eigenvalue weighted by Gasteiger charge is 2.25. The lowest BCUT2D eigenvalue weighted by Gasteiger charge is -2.38. The van der Waals surface area contributed by atoms with Crippen LogP contribution in [0, 0.1) is 17.0 Å². The molecule has 0 radical (unpaired) electrons. The van der Waals surface area contributed by atoms with Gasteiger partial charge in [0, 0.05) is 49.0 Å². The fraction of sp³-hybridized carbons (Fsp3) is 0.286. The lowest BCUT2D eigenvalue weighted by Crippen LogP contribution is -2.47. The van der Waals surface area contributed by atoms with E-state index in [1.807, 2.05) is 31.2 Å². The Hall–Kier alpha value is -3.24. The fourth-order valence-electron chi connectivity index (χ4n) is 3.99. The second-order valence-corrected chi connectivity index (χ2v) is 9.22. The molecule has 1 fully saturated rings. The molecule has 0 amide bonds. The minimum Gasteiger partial charge on any atom is -0.367 e. The lowest BCUT2D eigenvalue weighted by molar-refractivity contribution is -0.383. The Morgan fingerprint density at radius 1 is 1.00 bits per heavy atom. The Kier molecular flexibility index (Phi) is 5.50. The number of anilines is 2. The Morgan fingerprint density at radius 2 is 1.65 bits per heavy atom. The first-order chi connectivity index (χ1) is 14.8. The number of nitro groups is 1. The van der Waals surface area contributed by atoms with Gasteiger partial charge in [-0.25, -0.2) is 18.1 Å². The molecular formula is C21H23N5O4S. The van der Waals surface area contributed by atoms with Crippen LogP contribution >= 0.6 is 0 Å². The van der Waals surface area contributed by atoms with Crippen molar-refractivity contribution in [1.82, 2.24) is 9.71 Å². The number of fused-ring (bicyclic) bond motifs is 1. The van der Waals surface area contributed by atoms with Crippen LogP contribution in [0.5, 0.6) is 0 Å². The molecule has 1 aliphatic rings. The first-order valence-electron chi connectivity index (χ1n) is 9.89. The minimum absolute atomic E-state index is 0.00714. The zero-order valence-corrected chi connectivity index (χ0v) is 18.1. The second-order valence-electron chi connectivity index (χ2n) is 7.36. The van der Waals surface area contributed by atoms with Crippen molar-refractivity contribution in [3.05, 3.63) is 64.3 Å². The summed E-state index contributed by atoms with van der Waals surface area (Å²) in [5, 5.41) is 12.2. The summed E-state index contributed by atoms with van der Waals surface area (Å²) in [4.78, 5) is 19.9. The van der Waals surface area contributed by atoms with E-state index in [0.29, 0.717) is 43.1 Å². The molecule has 0 atom stereocenters. The van der Waals surface area contributed by atoms with Gasteiger partial charge in [-0.2, -0.15) is 0 Å². The van der Waals surface area contributed by atoms with Crippen LogP contribution in [-0.2, 0) is 10.0 Å². The van der Waals surface area contributed by atoms with E-state index in [0.717, 1.165) is 11.1 Å². The van der Waals surface area contributed by atoms with Gasteiger partial charge in [0.25, 0.3) is 5.69 Å². The summed E-state index contributed by atoms with van der Waals surface area (Å²) in [6, 6.07) is 13.9. The highest BCUT2D eigenvalue weighted by atomic mass is 32.2. The summed E-state index contributed by atoms with van der Waals surface area (Å²) >= 11 is 0. The minimum atomic E-state index is -3.57. The number of non-ortho nitro benzene ring substituents is 1. The van der Waals surface area contributed by atoms with Crippen LogP contribution in [0.2, 0.25) is 0 Å². The van der Waals surface area contributed by atoms with Gasteiger partial charge in [-0.1, -0.05) is 24.3 Å². The molecule has 3 aromatic rings. The molecule has 0 unspecified atom stereocenters. The maximum atomic E-state index is 12.4. The van der Waals surface area contributed by atoms with Crippen LogP contribution in [0.25, 0.3) is 10.9 Å². The number of aromatic nitrogens is 1. The van der Waals surface area contributed by atoms with E-state index in [4.69, 9.17) is 0 Å². The SMILES string of the molecule is CNS(=O)(=O)c1ccccc1N1CCN(c2cc(C)nc3c([N+](=O)[O-])cccc23)CC1. The Bertz CT molecular complexity index is 1250. The zero-order valence-electron chi connectivity index (χ0n) is 17.3. The summed E-state index contributed by atoms with van der Waals surface area (Å²) in [6.45, 7) is 4.36. The number of benzene rings is 2. The van der Waals surface area contributed by atoms with E-state index in [1.54, 1.807) is 18.2 Å². The third-order valence-electron chi connectivity index (χ3n) is 5.51. The number of hydrogen-bond donors (Lipinski definition) is 1. The van der Waals surface area contributed by atoms with Gasteiger partial charge in [-0.3, -0.25) is 10.1 Å². The van der Waals surface area contributed by atoms with Gasteiger partial charge in [0.05, 0.1) is 10.6 Å². The van der Waals surface area contributed by atoms with Crippen LogP contribution in [0.4, 0.5) is 17.1 Å². The molecule has 0 spiro atoms. The maximum Gasteiger partial charge on any atom is 0.295 e. The normalized spacial score (nSPS) is 14.8. The van der Waals surface area contributed by atoms with E-state index in [9.17, 15) is 18.5 Å². The topological polar surface area (TPSA) is 109 Å². The number of aryl methyl sites for hydroxylation is 1. The molecule has 0 saturated carbocycles. The number of nitrogens with one attached hydrogen (secondary N) is 1. The first-order valence-corrected chi connectivity index (χ1v) is 11.4. The van der Waals surface area contributed by atoms with Crippen molar-refractivity contribution >= 4 is 38.0 Å². The van der Waals surface area contributed by atoms with Gasteiger partial charge >= 0.3 is 0 Å². The van der Waals surface area contributed by atoms with Crippen molar-refractivity contribution in [1.29, 1.82) is 0 Å². The van der Waals surface area contributed by atoms with Crippen LogP contribution in [0.15, 0.2) is 53.4 Å². The van der Waals surface area contributed by atoms with E-state index >= 15 is 0 Å². The Morgan fingerprint density at radius 3 is 2.29 bits per heavy atom. The summed E-state index contributed by atoms with van der Waals surface area (Å²) in [5.74, 6) is 0. The Labute approximate surface area is 180 Å².